The molecular weight excluding hydrogens is 250 g/mol. The predicted octanol–water partition coefficient (Wildman–Crippen LogP) is 1.45. The Kier molecular flexibility index (Phi) is 5.37. The van der Waals surface area contributed by atoms with Crippen LogP contribution in [0.1, 0.15) is 32.9 Å². The normalized spacial score (nSPS) is 14.1. The molecule has 0 aliphatic heterocycles. The van der Waals surface area contributed by atoms with Crippen LogP contribution in [-0.4, -0.2) is 26.5 Å². The van der Waals surface area contributed by atoms with E-state index in [1.807, 2.05) is 27.8 Å². The minimum Gasteiger partial charge on any atom is -0.363 e. The molecule has 1 rings (SSSR count). The van der Waals surface area contributed by atoms with Crippen molar-refractivity contribution in [3.63, 3.8) is 0 Å². The highest BCUT2D eigenvalue weighted by molar-refractivity contribution is 7.89. The average Bonchev–Trinajstić information content (AvgIpc) is 2.75. The highest BCUT2D eigenvalue weighted by Crippen LogP contribution is 2.14. The van der Waals surface area contributed by atoms with Gasteiger partial charge in [0.25, 0.3) is 0 Å². The van der Waals surface area contributed by atoms with Gasteiger partial charge in [-0.2, -0.15) is 0 Å². The molecule has 1 heterocycles. The maximum absolute atomic E-state index is 12.2. The van der Waals surface area contributed by atoms with Crippen LogP contribution in [0.4, 0.5) is 0 Å². The first kappa shape index (κ1) is 15.2. The maximum Gasteiger partial charge on any atom is 0.242 e. The van der Waals surface area contributed by atoms with Crippen LogP contribution in [0.25, 0.3) is 0 Å². The van der Waals surface area contributed by atoms with Gasteiger partial charge in [0, 0.05) is 24.5 Å². The smallest absolute Gasteiger partial charge is 0.242 e. The van der Waals surface area contributed by atoms with Crippen LogP contribution in [0.15, 0.2) is 17.2 Å². The quantitative estimate of drug-likeness (QED) is 0.704. The monoisotopic (exact) mass is 273 g/mol. The van der Waals surface area contributed by atoms with Crippen LogP contribution in [-0.2, 0) is 16.6 Å². The molecule has 0 spiro atoms. The predicted molar refractivity (Wildman–Crippen MR) is 72.8 cm³/mol. The van der Waals surface area contributed by atoms with Crippen molar-refractivity contribution in [1.82, 2.24) is 15.0 Å². The fraction of sp³-hybridized carbons (Fsp3) is 0.667. The molecule has 0 bridgehead atoms. The molecule has 3 N–H and O–H groups in total. The number of sulfonamides is 1. The molecule has 1 aromatic heterocycles. The van der Waals surface area contributed by atoms with Gasteiger partial charge in [0.15, 0.2) is 0 Å². The SMILES string of the molecule is CCC(NS(=O)(=O)c1c[nH]c(CNC)c1)C(C)C. The standard InChI is InChI=1S/C12H23N3O2S/c1-5-12(9(2)3)15-18(16,17)11-6-10(7-13-4)14-8-11/h6,8-9,12-15H,5,7H2,1-4H3. The van der Waals surface area contributed by atoms with E-state index in [0.717, 1.165) is 12.1 Å². The van der Waals surface area contributed by atoms with E-state index < -0.39 is 10.0 Å². The lowest BCUT2D eigenvalue weighted by molar-refractivity contribution is 0.437. The summed E-state index contributed by atoms with van der Waals surface area (Å²) in [5, 5.41) is 2.97. The Morgan fingerprint density at radius 3 is 2.56 bits per heavy atom. The first-order chi connectivity index (χ1) is 8.40. The van der Waals surface area contributed by atoms with E-state index >= 15 is 0 Å². The number of rotatable bonds is 7. The second-order valence-electron chi connectivity index (χ2n) is 4.77. The number of nitrogens with one attached hydrogen (secondary N) is 3. The van der Waals surface area contributed by atoms with E-state index in [9.17, 15) is 8.42 Å². The molecule has 1 unspecified atom stereocenters. The van der Waals surface area contributed by atoms with Crippen LogP contribution in [0, 0.1) is 5.92 Å². The zero-order valence-corrected chi connectivity index (χ0v) is 12.3. The molecule has 5 nitrogen and oxygen atoms in total. The number of hydrogen-bond acceptors (Lipinski definition) is 3. The molecule has 104 valence electrons. The minimum absolute atomic E-state index is 0.0300. The third-order valence-corrected chi connectivity index (χ3v) is 4.41. The molecule has 0 fully saturated rings. The lowest BCUT2D eigenvalue weighted by atomic mass is 10.0. The Hall–Kier alpha value is -0.850. The molecular formula is C12H23N3O2S. The summed E-state index contributed by atoms with van der Waals surface area (Å²) in [7, 11) is -1.60. The Morgan fingerprint density at radius 1 is 1.39 bits per heavy atom. The van der Waals surface area contributed by atoms with E-state index in [2.05, 4.69) is 15.0 Å². The van der Waals surface area contributed by atoms with E-state index in [1.165, 1.54) is 6.20 Å². The van der Waals surface area contributed by atoms with Crippen molar-refractivity contribution >= 4 is 10.0 Å². The topological polar surface area (TPSA) is 74.0 Å². The number of aromatic amines is 1. The van der Waals surface area contributed by atoms with Gasteiger partial charge < -0.3 is 10.3 Å². The second-order valence-corrected chi connectivity index (χ2v) is 6.48. The zero-order chi connectivity index (χ0) is 13.8. The summed E-state index contributed by atoms with van der Waals surface area (Å²) < 4.78 is 27.1. The molecule has 0 aromatic carbocycles. The second kappa shape index (κ2) is 6.36. The maximum atomic E-state index is 12.2. The van der Waals surface area contributed by atoms with E-state index in [1.54, 1.807) is 6.07 Å². The summed E-state index contributed by atoms with van der Waals surface area (Å²) >= 11 is 0. The summed E-state index contributed by atoms with van der Waals surface area (Å²) in [4.78, 5) is 3.25. The van der Waals surface area contributed by atoms with Gasteiger partial charge in [-0.25, -0.2) is 13.1 Å². The van der Waals surface area contributed by atoms with Crippen molar-refractivity contribution in [3.05, 3.63) is 18.0 Å². The van der Waals surface area contributed by atoms with Gasteiger partial charge in [-0.05, 0) is 25.5 Å². The number of hydrogen-bond donors (Lipinski definition) is 3. The molecule has 0 aliphatic carbocycles. The van der Waals surface area contributed by atoms with Crippen molar-refractivity contribution in [2.24, 2.45) is 5.92 Å². The fourth-order valence-electron chi connectivity index (χ4n) is 1.82. The van der Waals surface area contributed by atoms with E-state index in [-0.39, 0.29) is 12.0 Å². The van der Waals surface area contributed by atoms with Gasteiger partial charge in [0.1, 0.15) is 0 Å². The fourth-order valence-corrected chi connectivity index (χ4v) is 3.31. The van der Waals surface area contributed by atoms with Crippen molar-refractivity contribution in [3.8, 4) is 0 Å². The largest absolute Gasteiger partial charge is 0.363 e. The molecule has 0 radical (unpaired) electrons. The van der Waals surface area contributed by atoms with Crippen LogP contribution < -0.4 is 10.0 Å². The summed E-state index contributed by atoms with van der Waals surface area (Å²) in [6, 6.07) is 1.63. The molecule has 6 heteroatoms. The van der Waals surface area contributed by atoms with E-state index in [0.29, 0.717) is 11.4 Å². The average molecular weight is 273 g/mol. The van der Waals surface area contributed by atoms with Crippen LogP contribution in [0.5, 0.6) is 0 Å². The molecule has 0 saturated carbocycles. The van der Waals surface area contributed by atoms with Crippen LogP contribution >= 0.6 is 0 Å². The minimum atomic E-state index is -3.42. The highest BCUT2D eigenvalue weighted by atomic mass is 32.2. The lowest BCUT2D eigenvalue weighted by Crippen LogP contribution is -2.37. The summed E-state index contributed by atoms with van der Waals surface area (Å²) in [6.45, 7) is 6.63. The Labute approximate surface area is 109 Å². The van der Waals surface area contributed by atoms with Gasteiger partial charge in [-0.3, -0.25) is 0 Å². The highest BCUT2D eigenvalue weighted by Gasteiger charge is 2.22. The third-order valence-electron chi connectivity index (χ3n) is 2.94. The van der Waals surface area contributed by atoms with Crippen molar-refractivity contribution in [1.29, 1.82) is 0 Å². The van der Waals surface area contributed by atoms with E-state index in [4.69, 9.17) is 0 Å². The first-order valence-electron chi connectivity index (χ1n) is 6.25. The zero-order valence-electron chi connectivity index (χ0n) is 11.4. The van der Waals surface area contributed by atoms with Gasteiger partial charge in [-0.15, -0.1) is 0 Å². The van der Waals surface area contributed by atoms with Crippen molar-refractivity contribution in [2.75, 3.05) is 7.05 Å². The van der Waals surface area contributed by atoms with Crippen molar-refractivity contribution < 1.29 is 8.42 Å². The lowest BCUT2D eigenvalue weighted by Gasteiger charge is -2.20. The molecule has 1 aromatic rings. The molecule has 1 atom stereocenters. The third kappa shape index (κ3) is 3.83. The van der Waals surface area contributed by atoms with Crippen LogP contribution in [0.2, 0.25) is 0 Å². The van der Waals surface area contributed by atoms with Crippen LogP contribution in [0.3, 0.4) is 0 Å². The first-order valence-corrected chi connectivity index (χ1v) is 7.73. The van der Waals surface area contributed by atoms with Gasteiger partial charge >= 0.3 is 0 Å². The van der Waals surface area contributed by atoms with Gasteiger partial charge in [0.05, 0.1) is 4.90 Å². The summed E-state index contributed by atoms with van der Waals surface area (Å²) in [5.41, 5.74) is 0.857. The Morgan fingerprint density at radius 2 is 2.06 bits per heavy atom. The molecule has 0 aliphatic rings. The van der Waals surface area contributed by atoms with Crippen molar-refractivity contribution in [2.45, 2.75) is 44.7 Å². The molecule has 0 amide bonds. The molecule has 18 heavy (non-hydrogen) atoms. The molecule has 0 saturated heterocycles. The summed E-state index contributed by atoms with van der Waals surface area (Å²) in [6.07, 6.45) is 2.31. The van der Waals surface area contributed by atoms with Gasteiger partial charge in [0.2, 0.25) is 10.0 Å². The van der Waals surface area contributed by atoms with Gasteiger partial charge in [-0.1, -0.05) is 20.8 Å². The Balaban J connectivity index is 2.85. The Bertz CT molecular complexity index is 465. The summed E-state index contributed by atoms with van der Waals surface area (Å²) in [5.74, 6) is 0.278. The number of aromatic nitrogens is 1. The number of H-pyrrole nitrogens is 1.